The summed E-state index contributed by atoms with van der Waals surface area (Å²) in [7, 11) is 0. The van der Waals surface area contributed by atoms with Gasteiger partial charge in [-0.2, -0.15) is 0 Å². The molecule has 1 nitrogen and oxygen atoms in total. The van der Waals surface area contributed by atoms with Gasteiger partial charge in [0.2, 0.25) is 0 Å². The number of aliphatic hydroxyl groups excluding tert-OH is 1. The second-order valence-electron chi connectivity index (χ2n) is 5.29. The Balaban J connectivity index is 2.61. The van der Waals surface area contributed by atoms with Gasteiger partial charge < -0.3 is 5.11 Å². The lowest BCUT2D eigenvalue weighted by Gasteiger charge is -2.20. The van der Waals surface area contributed by atoms with Crippen molar-refractivity contribution >= 4 is 0 Å². The largest absolute Gasteiger partial charge is 0.389 e. The molecule has 1 fully saturated rings. The van der Waals surface area contributed by atoms with Crippen LogP contribution in [0.3, 0.4) is 0 Å². The summed E-state index contributed by atoms with van der Waals surface area (Å²) in [5.41, 5.74) is 4.37. The molecule has 1 unspecified atom stereocenters. The number of hydrogen-bond donors (Lipinski definition) is 1. The molecule has 0 aromatic heterocycles. The Hall–Kier alpha value is -0.560. The fraction of sp³-hybridized carbons (Fsp3) is 0.750. The number of rotatable bonds is 5. The first-order chi connectivity index (χ1) is 8.19. The van der Waals surface area contributed by atoms with Crippen LogP contribution >= 0.6 is 0 Å². The van der Waals surface area contributed by atoms with Crippen LogP contribution < -0.4 is 0 Å². The second-order valence-corrected chi connectivity index (χ2v) is 5.29. The molecule has 0 amide bonds. The van der Waals surface area contributed by atoms with Gasteiger partial charge in [0, 0.05) is 0 Å². The third-order valence-corrected chi connectivity index (χ3v) is 3.89. The smallest absolute Gasteiger partial charge is 0.0753 e. The minimum absolute atomic E-state index is 0.232. The predicted molar refractivity (Wildman–Crippen MR) is 75.1 cm³/mol. The Kier molecular flexibility index (Phi) is 6.57. The van der Waals surface area contributed by atoms with Crippen LogP contribution in [0.2, 0.25) is 0 Å². The average Bonchev–Trinajstić information content (AvgIpc) is 2.37. The summed E-state index contributed by atoms with van der Waals surface area (Å²) in [6.07, 6.45) is 11.5. The van der Waals surface area contributed by atoms with Crippen LogP contribution in [0.1, 0.15) is 72.1 Å². The van der Waals surface area contributed by atoms with Crippen molar-refractivity contribution in [2.75, 3.05) is 0 Å². The molecule has 1 atom stereocenters. The van der Waals surface area contributed by atoms with Crippen molar-refractivity contribution in [3.8, 4) is 0 Å². The van der Waals surface area contributed by atoms with Gasteiger partial charge in [0.15, 0.2) is 0 Å². The lowest BCUT2D eigenvalue weighted by molar-refractivity contribution is 0.196. The monoisotopic (exact) mass is 236 g/mol. The molecule has 1 saturated carbocycles. The highest BCUT2D eigenvalue weighted by molar-refractivity contribution is 5.22. The maximum absolute atomic E-state index is 10.1. The molecule has 0 bridgehead atoms. The SMILES string of the molecule is C/C=C(\CC(C)=C1CCCCC1)C(O)CCC. The third kappa shape index (κ3) is 4.67. The van der Waals surface area contributed by atoms with Gasteiger partial charge in [-0.05, 0) is 57.9 Å². The summed E-state index contributed by atoms with van der Waals surface area (Å²) in [6.45, 7) is 6.43. The highest BCUT2D eigenvalue weighted by Gasteiger charge is 2.13. The van der Waals surface area contributed by atoms with Crippen molar-refractivity contribution in [1.29, 1.82) is 0 Å². The second kappa shape index (κ2) is 7.71. The molecule has 1 aliphatic carbocycles. The van der Waals surface area contributed by atoms with Crippen molar-refractivity contribution in [3.05, 3.63) is 22.8 Å². The number of allylic oxidation sites excluding steroid dienone is 3. The van der Waals surface area contributed by atoms with E-state index in [9.17, 15) is 5.11 Å². The Labute approximate surface area is 107 Å². The Bertz CT molecular complexity index is 278. The molecular weight excluding hydrogens is 208 g/mol. The molecule has 1 rings (SSSR count). The van der Waals surface area contributed by atoms with E-state index in [1.165, 1.54) is 43.3 Å². The Morgan fingerprint density at radius 3 is 2.47 bits per heavy atom. The fourth-order valence-corrected chi connectivity index (χ4v) is 2.71. The highest BCUT2D eigenvalue weighted by Crippen LogP contribution is 2.29. The van der Waals surface area contributed by atoms with Gasteiger partial charge >= 0.3 is 0 Å². The fourth-order valence-electron chi connectivity index (χ4n) is 2.71. The van der Waals surface area contributed by atoms with Crippen molar-refractivity contribution in [2.24, 2.45) is 0 Å². The van der Waals surface area contributed by atoms with Crippen LogP contribution in [-0.2, 0) is 0 Å². The van der Waals surface area contributed by atoms with E-state index in [2.05, 4.69) is 19.9 Å². The topological polar surface area (TPSA) is 20.2 Å². The van der Waals surface area contributed by atoms with E-state index in [-0.39, 0.29) is 6.10 Å². The summed E-state index contributed by atoms with van der Waals surface area (Å²) in [5, 5.41) is 10.1. The van der Waals surface area contributed by atoms with Crippen LogP contribution in [0.15, 0.2) is 22.8 Å². The molecular formula is C16H28O. The highest BCUT2D eigenvalue weighted by atomic mass is 16.3. The van der Waals surface area contributed by atoms with Crippen LogP contribution in [0.4, 0.5) is 0 Å². The molecule has 0 radical (unpaired) electrons. The van der Waals surface area contributed by atoms with E-state index in [0.717, 1.165) is 19.3 Å². The number of aliphatic hydroxyl groups is 1. The average molecular weight is 236 g/mol. The molecule has 0 saturated heterocycles. The van der Waals surface area contributed by atoms with Crippen molar-refractivity contribution in [3.63, 3.8) is 0 Å². The maximum Gasteiger partial charge on any atom is 0.0753 e. The summed E-state index contributed by atoms with van der Waals surface area (Å²) in [4.78, 5) is 0. The molecule has 0 heterocycles. The predicted octanol–water partition coefficient (Wildman–Crippen LogP) is 4.76. The molecule has 98 valence electrons. The van der Waals surface area contributed by atoms with E-state index >= 15 is 0 Å². The zero-order valence-electron chi connectivity index (χ0n) is 11.8. The molecule has 0 aromatic rings. The molecule has 17 heavy (non-hydrogen) atoms. The van der Waals surface area contributed by atoms with Gasteiger partial charge in [0.25, 0.3) is 0 Å². The Morgan fingerprint density at radius 2 is 1.94 bits per heavy atom. The first kappa shape index (κ1) is 14.5. The van der Waals surface area contributed by atoms with E-state index < -0.39 is 0 Å². The van der Waals surface area contributed by atoms with Crippen molar-refractivity contribution < 1.29 is 5.11 Å². The lowest BCUT2D eigenvalue weighted by atomic mass is 9.88. The number of hydrogen-bond acceptors (Lipinski definition) is 1. The molecule has 1 heteroatoms. The maximum atomic E-state index is 10.1. The summed E-state index contributed by atoms with van der Waals surface area (Å²) < 4.78 is 0. The summed E-state index contributed by atoms with van der Waals surface area (Å²) in [5.74, 6) is 0. The minimum Gasteiger partial charge on any atom is -0.389 e. The standard InChI is InChI=1S/C16H28O/c1-4-9-16(17)14(5-2)12-13(3)15-10-7-6-8-11-15/h5,16-17H,4,6-12H2,1-3H3/b14-5+. The van der Waals surface area contributed by atoms with Crippen LogP contribution in [0, 0.1) is 0 Å². The molecule has 0 aromatic carbocycles. The minimum atomic E-state index is -0.232. The van der Waals surface area contributed by atoms with Gasteiger partial charge in [-0.3, -0.25) is 0 Å². The van der Waals surface area contributed by atoms with Crippen LogP contribution in [-0.4, -0.2) is 11.2 Å². The third-order valence-electron chi connectivity index (χ3n) is 3.89. The molecule has 0 aliphatic heterocycles. The first-order valence-corrected chi connectivity index (χ1v) is 7.19. The van der Waals surface area contributed by atoms with Gasteiger partial charge in [-0.25, -0.2) is 0 Å². The van der Waals surface area contributed by atoms with Crippen molar-refractivity contribution in [1.82, 2.24) is 0 Å². The lowest BCUT2D eigenvalue weighted by Crippen LogP contribution is -2.11. The van der Waals surface area contributed by atoms with E-state index in [1.54, 1.807) is 5.57 Å². The Morgan fingerprint density at radius 1 is 1.29 bits per heavy atom. The van der Waals surface area contributed by atoms with Gasteiger partial charge in [0.1, 0.15) is 0 Å². The van der Waals surface area contributed by atoms with Gasteiger partial charge in [-0.1, -0.05) is 37.0 Å². The molecule has 1 aliphatic rings. The summed E-state index contributed by atoms with van der Waals surface area (Å²) >= 11 is 0. The van der Waals surface area contributed by atoms with E-state index in [4.69, 9.17) is 0 Å². The molecule has 0 spiro atoms. The quantitative estimate of drug-likeness (QED) is 0.682. The van der Waals surface area contributed by atoms with Crippen LogP contribution in [0.25, 0.3) is 0 Å². The zero-order valence-corrected chi connectivity index (χ0v) is 11.8. The zero-order chi connectivity index (χ0) is 12.7. The van der Waals surface area contributed by atoms with Gasteiger partial charge in [0.05, 0.1) is 6.10 Å². The van der Waals surface area contributed by atoms with Crippen molar-refractivity contribution in [2.45, 2.75) is 78.2 Å². The van der Waals surface area contributed by atoms with E-state index in [0.29, 0.717) is 0 Å². The molecule has 1 N–H and O–H groups in total. The normalized spacial score (nSPS) is 19.3. The van der Waals surface area contributed by atoms with Gasteiger partial charge in [-0.15, -0.1) is 0 Å². The summed E-state index contributed by atoms with van der Waals surface area (Å²) in [6, 6.07) is 0. The van der Waals surface area contributed by atoms with E-state index in [1.807, 2.05) is 6.92 Å². The first-order valence-electron chi connectivity index (χ1n) is 7.19. The van der Waals surface area contributed by atoms with Crippen LogP contribution in [0.5, 0.6) is 0 Å².